The minimum absolute atomic E-state index is 0.0972. The van der Waals surface area contributed by atoms with Crippen molar-refractivity contribution in [1.82, 2.24) is 0 Å². The standard InChI is InChI=1S/C4H9BNO3P/c1-10(8,9-5)3-4(7)2-6/h4,7H,3,5H2,1H3. The molecule has 2 unspecified atom stereocenters. The van der Waals surface area contributed by atoms with E-state index in [1.54, 1.807) is 6.07 Å². The first-order valence-corrected chi connectivity index (χ1v) is 4.97. The third kappa shape index (κ3) is 3.68. The Hall–Kier alpha value is -0.295. The van der Waals surface area contributed by atoms with Gasteiger partial charge in [0.05, 0.1) is 12.2 Å². The van der Waals surface area contributed by atoms with Crippen LogP contribution in [0.2, 0.25) is 0 Å². The molecule has 56 valence electrons. The van der Waals surface area contributed by atoms with E-state index < -0.39 is 13.5 Å². The maximum absolute atomic E-state index is 11.0. The van der Waals surface area contributed by atoms with Crippen molar-refractivity contribution in [3.05, 3.63) is 0 Å². The summed E-state index contributed by atoms with van der Waals surface area (Å²) in [6.45, 7) is 1.38. The lowest BCUT2D eigenvalue weighted by Gasteiger charge is -2.10. The van der Waals surface area contributed by atoms with Gasteiger partial charge < -0.3 is 9.55 Å². The topological polar surface area (TPSA) is 70.3 Å². The van der Waals surface area contributed by atoms with Crippen LogP contribution in [0.5, 0.6) is 0 Å². The van der Waals surface area contributed by atoms with E-state index in [0.717, 1.165) is 0 Å². The first kappa shape index (κ1) is 9.70. The molecule has 0 aromatic rings. The number of nitriles is 1. The molecule has 4 nitrogen and oxygen atoms in total. The fourth-order valence-electron chi connectivity index (χ4n) is 0.429. The molecule has 1 N–H and O–H groups in total. The van der Waals surface area contributed by atoms with Gasteiger partial charge in [-0.25, -0.2) is 0 Å². The monoisotopic (exact) mass is 161 g/mol. The number of hydrogen-bond donors (Lipinski definition) is 1. The second-order valence-corrected chi connectivity index (χ2v) is 4.78. The SMILES string of the molecule is BOP(C)(=O)CC(O)C#N. The van der Waals surface area contributed by atoms with Crippen molar-refractivity contribution < 1.29 is 14.1 Å². The summed E-state index contributed by atoms with van der Waals surface area (Å²) in [5, 5.41) is 16.8. The molecule has 0 radical (unpaired) electrons. The van der Waals surface area contributed by atoms with Crippen molar-refractivity contribution in [2.24, 2.45) is 0 Å². The lowest BCUT2D eigenvalue weighted by Crippen LogP contribution is -2.09. The summed E-state index contributed by atoms with van der Waals surface area (Å²) in [6, 6.07) is 1.56. The summed E-state index contributed by atoms with van der Waals surface area (Å²) in [5.74, 6) is 0. The molecular formula is C4H9BNO3P. The highest BCUT2D eigenvalue weighted by atomic mass is 31.2. The molecule has 0 aromatic carbocycles. The number of hydrogen-bond acceptors (Lipinski definition) is 4. The van der Waals surface area contributed by atoms with Crippen molar-refractivity contribution in [2.45, 2.75) is 6.10 Å². The molecule has 0 heterocycles. The minimum Gasteiger partial charge on any atom is -0.399 e. The highest BCUT2D eigenvalue weighted by Gasteiger charge is 2.18. The number of aliphatic hydroxyl groups excluding tert-OH is 1. The van der Waals surface area contributed by atoms with E-state index in [4.69, 9.17) is 10.4 Å². The van der Waals surface area contributed by atoms with Crippen LogP contribution in [-0.4, -0.2) is 32.1 Å². The van der Waals surface area contributed by atoms with Crippen molar-refractivity contribution in [1.29, 1.82) is 5.26 Å². The van der Waals surface area contributed by atoms with Gasteiger partial charge in [0.15, 0.2) is 7.37 Å². The molecule has 0 aliphatic rings. The Bertz CT molecular complexity index is 189. The first-order chi connectivity index (χ1) is 4.52. The highest BCUT2D eigenvalue weighted by Crippen LogP contribution is 2.41. The Balaban J connectivity index is 3.92. The smallest absolute Gasteiger partial charge is 0.266 e. The molecule has 0 saturated heterocycles. The molecule has 6 heteroatoms. The van der Waals surface area contributed by atoms with Gasteiger partial charge in [-0.2, -0.15) is 5.26 Å². The average molecular weight is 161 g/mol. The molecular weight excluding hydrogens is 152 g/mol. The normalized spacial score (nSPS) is 18.9. The molecule has 0 aliphatic carbocycles. The summed E-state index contributed by atoms with van der Waals surface area (Å²) in [7, 11) is -1.42. The van der Waals surface area contributed by atoms with Crippen molar-refractivity contribution >= 4 is 15.4 Å². The van der Waals surface area contributed by atoms with Gasteiger partial charge in [-0.1, -0.05) is 0 Å². The predicted octanol–water partition coefficient (Wildman–Crippen LogP) is -0.657. The highest BCUT2D eigenvalue weighted by molar-refractivity contribution is 7.59. The Morgan fingerprint density at radius 2 is 2.50 bits per heavy atom. The van der Waals surface area contributed by atoms with Crippen LogP contribution >= 0.6 is 7.37 Å². The molecule has 10 heavy (non-hydrogen) atoms. The zero-order valence-electron chi connectivity index (χ0n) is 5.94. The molecule has 0 fully saturated rings. The molecule has 2 atom stereocenters. The molecule has 0 aromatic heterocycles. The Labute approximate surface area is 60.7 Å². The van der Waals surface area contributed by atoms with Crippen LogP contribution in [0.3, 0.4) is 0 Å². The van der Waals surface area contributed by atoms with E-state index in [2.05, 4.69) is 4.44 Å². The lowest BCUT2D eigenvalue weighted by molar-refractivity contribution is 0.250. The van der Waals surface area contributed by atoms with Crippen LogP contribution in [0.1, 0.15) is 0 Å². The van der Waals surface area contributed by atoms with Gasteiger partial charge in [-0.15, -0.1) is 0 Å². The number of nitrogens with zero attached hydrogens (tertiary/aromatic N) is 1. The average Bonchev–Trinajstić information content (AvgIpc) is 1.87. The van der Waals surface area contributed by atoms with Crippen LogP contribution in [-0.2, 0) is 9.01 Å². The molecule has 0 bridgehead atoms. The van der Waals surface area contributed by atoms with Gasteiger partial charge in [-0.3, -0.25) is 4.57 Å². The fraction of sp³-hybridized carbons (Fsp3) is 0.750. The quantitative estimate of drug-likeness (QED) is 0.339. The third-order valence-electron chi connectivity index (χ3n) is 1.04. The zero-order chi connectivity index (χ0) is 8.20. The van der Waals surface area contributed by atoms with Gasteiger partial charge in [-0.05, 0) is 0 Å². The van der Waals surface area contributed by atoms with E-state index >= 15 is 0 Å². The van der Waals surface area contributed by atoms with Crippen molar-refractivity contribution in [2.75, 3.05) is 12.8 Å². The Morgan fingerprint density at radius 1 is 2.00 bits per heavy atom. The van der Waals surface area contributed by atoms with Gasteiger partial charge >= 0.3 is 0 Å². The van der Waals surface area contributed by atoms with E-state index in [-0.39, 0.29) is 6.16 Å². The summed E-state index contributed by atoms with van der Waals surface area (Å²) in [6.07, 6.45) is -1.28. The Kier molecular flexibility index (Phi) is 3.66. The summed E-state index contributed by atoms with van der Waals surface area (Å²) in [5.41, 5.74) is 0. The van der Waals surface area contributed by atoms with Gasteiger partial charge in [0.2, 0.25) is 0 Å². The van der Waals surface area contributed by atoms with Crippen LogP contribution in [0, 0.1) is 11.3 Å². The maximum Gasteiger partial charge on any atom is 0.266 e. The Morgan fingerprint density at radius 3 is 2.80 bits per heavy atom. The molecule has 0 rings (SSSR count). The van der Waals surface area contributed by atoms with Crippen LogP contribution < -0.4 is 0 Å². The summed E-state index contributed by atoms with van der Waals surface area (Å²) >= 11 is 0. The predicted molar refractivity (Wildman–Crippen MR) is 39.6 cm³/mol. The van der Waals surface area contributed by atoms with E-state index in [1.807, 2.05) is 0 Å². The largest absolute Gasteiger partial charge is 0.399 e. The van der Waals surface area contributed by atoms with E-state index in [9.17, 15) is 4.57 Å². The minimum atomic E-state index is -2.72. The molecule has 0 amide bonds. The second-order valence-electron chi connectivity index (χ2n) is 2.02. The summed E-state index contributed by atoms with van der Waals surface area (Å²) < 4.78 is 15.6. The number of rotatable bonds is 3. The summed E-state index contributed by atoms with van der Waals surface area (Å²) in [4.78, 5) is 0. The first-order valence-electron chi connectivity index (χ1n) is 2.72. The third-order valence-corrected chi connectivity index (χ3v) is 2.82. The van der Waals surface area contributed by atoms with Gasteiger partial charge in [0.25, 0.3) is 8.05 Å². The molecule has 0 saturated carbocycles. The van der Waals surface area contributed by atoms with Crippen molar-refractivity contribution in [3.8, 4) is 6.07 Å². The van der Waals surface area contributed by atoms with Crippen molar-refractivity contribution in [3.63, 3.8) is 0 Å². The zero-order valence-corrected chi connectivity index (χ0v) is 6.84. The number of aliphatic hydroxyl groups is 1. The van der Waals surface area contributed by atoms with Crippen LogP contribution in [0.25, 0.3) is 0 Å². The van der Waals surface area contributed by atoms with Gasteiger partial charge in [0.1, 0.15) is 6.10 Å². The van der Waals surface area contributed by atoms with E-state index in [0.29, 0.717) is 0 Å². The fourth-order valence-corrected chi connectivity index (χ4v) is 1.29. The van der Waals surface area contributed by atoms with E-state index in [1.165, 1.54) is 14.7 Å². The molecule has 0 spiro atoms. The second kappa shape index (κ2) is 3.77. The van der Waals surface area contributed by atoms with Crippen LogP contribution in [0.15, 0.2) is 0 Å². The lowest BCUT2D eigenvalue weighted by atomic mass is 10.5. The maximum atomic E-state index is 11.0. The molecule has 0 aliphatic heterocycles. The van der Waals surface area contributed by atoms with Crippen LogP contribution in [0.4, 0.5) is 0 Å². The van der Waals surface area contributed by atoms with Gasteiger partial charge in [0, 0.05) is 6.66 Å².